The molecule has 1 N–H and O–H groups in total. The second-order valence-corrected chi connectivity index (χ2v) is 5.20. The molecule has 2 rings (SSSR count). The third kappa shape index (κ3) is 4.72. The number of hydrogen-bond acceptors (Lipinski definition) is 3. The summed E-state index contributed by atoms with van der Waals surface area (Å²) in [6.07, 6.45) is 1.83. The van der Waals surface area contributed by atoms with E-state index >= 15 is 0 Å². The van der Waals surface area contributed by atoms with Crippen LogP contribution >= 0.6 is 0 Å². The minimum atomic E-state index is -0.0611. The summed E-state index contributed by atoms with van der Waals surface area (Å²) >= 11 is 0. The molecular formula is C16H24N2O3. The molecule has 0 aromatic heterocycles. The summed E-state index contributed by atoms with van der Waals surface area (Å²) < 4.78 is 10.7. The first-order valence-electron chi connectivity index (χ1n) is 7.48. The highest BCUT2D eigenvalue weighted by atomic mass is 16.5. The van der Waals surface area contributed by atoms with E-state index in [1.165, 1.54) is 5.56 Å². The van der Waals surface area contributed by atoms with Gasteiger partial charge in [0, 0.05) is 32.5 Å². The van der Waals surface area contributed by atoms with Gasteiger partial charge in [-0.25, -0.2) is 4.79 Å². The number of amides is 2. The van der Waals surface area contributed by atoms with Gasteiger partial charge in [-0.2, -0.15) is 0 Å². The number of nitrogens with zero attached hydrogens (tertiary/aromatic N) is 1. The molecule has 0 radical (unpaired) electrons. The van der Waals surface area contributed by atoms with Crippen molar-refractivity contribution in [3.8, 4) is 0 Å². The first kappa shape index (κ1) is 15.8. The topological polar surface area (TPSA) is 50.8 Å². The zero-order chi connectivity index (χ0) is 15.1. The lowest BCUT2D eigenvalue weighted by Gasteiger charge is -2.33. The molecule has 1 saturated heterocycles. The van der Waals surface area contributed by atoms with Gasteiger partial charge in [-0.15, -0.1) is 0 Å². The van der Waals surface area contributed by atoms with Crippen LogP contribution in [0.4, 0.5) is 10.5 Å². The molecule has 5 heteroatoms. The Bertz CT molecular complexity index is 465. The van der Waals surface area contributed by atoms with Crippen LogP contribution < -0.4 is 5.32 Å². The van der Waals surface area contributed by atoms with Crippen LogP contribution in [0, 0.1) is 0 Å². The van der Waals surface area contributed by atoms with Gasteiger partial charge in [0.25, 0.3) is 0 Å². The molecular weight excluding hydrogens is 268 g/mol. The number of aryl methyl sites for hydroxylation is 1. The maximum atomic E-state index is 12.3. The van der Waals surface area contributed by atoms with E-state index in [-0.39, 0.29) is 12.1 Å². The quantitative estimate of drug-likeness (QED) is 0.907. The number of rotatable bonds is 5. The zero-order valence-electron chi connectivity index (χ0n) is 12.8. The van der Waals surface area contributed by atoms with Crippen LogP contribution in [0.15, 0.2) is 24.3 Å². The number of morpholine rings is 1. The van der Waals surface area contributed by atoms with Crippen molar-refractivity contribution in [2.24, 2.45) is 0 Å². The van der Waals surface area contributed by atoms with Gasteiger partial charge >= 0.3 is 6.03 Å². The van der Waals surface area contributed by atoms with E-state index in [0.29, 0.717) is 26.3 Å². The number of ether oxygens (including phenoxy) is 2. The van der Waals surface area contributed by atoms with Crippen LogP contribution in [0.5, 0.6) is 0 Å². The van der Waals surface area contributed by atoms with E-state index in [1.54, 1.807) is 7.11 Å². The maximum Gasteiger partial charge on any atom is 0.322 e. The second kappa shape index (κ2) is 8.00. The van der Waals surface area contributed by atoms with Gasteiger partial charge in [0.05, 0.1) is 12.7 Å². The Balaban J connectivity index is 1.89. The molecule has 116 valence electrons. The molecule has 0 unspecified atom stereocenters. The Morgan fingerprint density at radius 3 is 3.14 bits per heavy atom. The average Bonchev–Trinajstić information content (AvgIpc) is 2.53. The Kier molecular flexibility index (Phi) is 6.02. The summed E-state index contributed by atoms with van der Waals surface area (Å²) in [4.78, 5) is 14.1. The molecule has 1 heterocycles. The molecule has 0 spiro atoms. The zero-order valence-corrected chi connectivity index (χ0v) is 12.8. The lowest BCUT2D eigenvalue weighted by Crippen LogP contribution is -2.47. The van der Waals surface area contributed by atoms with E-state index in [9.17, 15) is 4.79 Å². The number of urea groups is 1. The first-order valence-corrected chi connectivity index (χ1v) is 7.48. The molecule has 1 aliphatic rings. The lowest BCUT2D eigenvalue weighted by molar-refractivity contribution is -0.0260. The van der Waals surface area contributed by atoms with E-state index < -0.39 is 0 Å². The van der Waals surface area contributed by atoms with Crippen LogP contribution in [-0.2, 0) is 15.9 Å². The van der Waals surface area contributed by atoms with Gasteiger partial charge in [-0.1, -0.05) is 19.1 Å². The smallest absolute Gasteiger partial charge is 0.322 e. The Labute approximate surface area is 126 Å². The van der Waals surface area contributed by atoms with Gasteiger partial charge < -0.3 is 19.7 Å². The van der Waals surface area contributed by atoms with Crippen molar-refractivity contribution in [3.05, 3.63) is 29.8 Å². The largest absolute Gasteiger partial charge is 0.385 e. The van der Waals surface area contributed by atoms with Gasteiger partial charge in [0.15, 0.2) is 0 Å². The van der Waals surface area contributed by atoms with Crippen molar-refractivity contribution in [1.29, 1.82) is 0 Å². The number of nitrogens with one attached hydrogen (secondary N) is 1. The second-order valence-electron chi connectivity index (χ2n) is 5.20. The van der Waals surface area contributed by atoms with Crippen LogP contribution in [0.25, 0.3) is 0 Å². The fraction of sp³-hybridized carbons (Fsp3) is 0.562. The number of carbonyl (C=O) groups is 1. The monoisotopic (exact) mass is 292 g/mol. The standard InChI is InChI=1S/C16H24N2O3/c1-3-13-5-4-6-14(11-13)17-16(19)18-8-10-21-15(12-18)7-9-20-2/h4-6,11,15H,3,7-10,12H2,1-2H3,(H,17,19)/t15-/m0/s1. The Morgan fingerprint density at radius 1 is 1.52 bits per heavy atom. The summed E-state index contributed by atoms with van der Waals surface area (Å²) in [5.74, 6) is 0. The Morgan fingerprint density at radius 2 is 2.38 bits per heavy atom. The molecule has 1 fully saturated rings. The molecule has 1 aliphatic heterocycles. The van der Waals surface area contributed by atoms with E-state index in [4.69, 9.17) is 9.47 Å². The van der Waals surface area contributed by atoms with Crippen LogP contribution in [-0.4, -0.2) is 50.4 Å². The van der Waals surface area contributed by atoms with E-state index in [2.05, 4.69) is 18.3 Å². The lowest BCUT2D eigenvalue weighted by atomic mass is 10.1. The van der Waals surface area contributed by atoms with Gasteiger partial charge in [0.2, 0.25) is 0 Å². The third-order valence-corrected chi connectivity index (χ3v) is 3.66. The summed E-state index contributed by atoms with van der Waals surface area (Å²) in [5, 5.41) is 2.96. The van der Waals surface area contributed by atoms with Crippen molar-refractivity contribution in [2.45, 2.75) is 25.9 Å². The summed E-state index contributed by atoms with van der Waals surface area (Å²) in [6.45, 7) is 4.57. The summed E-state index contributed by atoms with van der Waals surface area (Å²) in [6, 6.07) is 7.90. The first-order chi connectivity index (χ1) is 10.2. The summed E-state index contributed by atoms with van der Waals surface area (Å²) in [7, 11) is 1.67. The molecule has 2 amide bonds. The molecule has 1 aromatic rings. The van der Waals surface area contributed by atoms with Crippen molar-refractivity contribution in [2.75, 3.05) is 38.7 Å². The number of methoxy groups -OCH3 is 1. The molecule has 1 aromatic carbocycles. The highest BCUT2D eigenvalue weighted by Crippen LogP contribution is 2.14. The van der Waals surface area contributed by atoms with Gasteiger partial charge in [-0.3, -0.25) is 0 Å². The molecule has 0 aliphatic carbocycles. The highest BCUT2D eigenvalue weighted by molar-refractivity contribution is 5.89. The molecule has 0 bridgehead atoms. The third-order valence-electron chi connectivity index (χ3n) is 3.66. The molecule has 0 saturated carbocycles. The predicted octanol–water partition coefficient (Wildman–Crippen LogP) is 2.52. The van der Waals surface area contributed by atoms with Crippen LogP contribution in [0.1, 0.15) is 18.9 Å². The number of carbonyl (C=O) groups excluding carboxylic acids is 1. The average molecular weight is 292 g/mol. The molecule has 21 heavy (non-hydrogen) atoms. The number of benzene rings is 1. The molecule has 1 atom stereocenters. The minimum absolute atomic E-state index is 0.0611. The molecule has 5 nitrogen and oxygen atoms in total. The fourth-order valence-electron chi connectivity index (χ4n) is 2.40. The van der Waals surface area contributed by atoms with Crippen LogP contribution in [0.2, 0.25) is 0 Å². The Hall–Kier alpha value is -1.59. The number of hydrogen-bond donors (Lipinski definition) is 1. The normalized spacial score (nSPS) is 18.6. The maximum absolute atomic E-state index is 12.3. The van der Waals surface area contributed by atoms with Gasteiger partial charge in [-0.05, 0) is 30.5 Å². The SMILES string of the molecule is CCc1cccc(NC(=O)N2CCO[C@@H](CCOC)C2)c1. The summed E-state index contributed by atoms with van der Waals surface area (Å²) in [5.41, 5.74) is 2.06. The highest BCUT2D eigenvalue weighted by Gasteiger charge is 2.24. The van der Waals surface area contributed by atoms with Crippen molar-refractivity contribution in [1.82, 2.24) is 4.90 Å². The van der Waals surface area contributed by atoms with Gasteiger partial charge in [0.1, 0.15) is 0 Å². The van der Waals surface area contributed by atoms with Crippen LogP contribution in [0.3, 0.4) is 0 Å². The number of anilines is 1. The van der Waals surface area contributed by atoms with E-state index in [0.717, 1.165) is 18.5 Å². The van der Waals surface area contributed by atoms with E-state index in [1.807, 2.05) is 23.1 Å². The van der Waals surface area contributed by atoms with Crippen molar-refractivity contribution >= 4 is 11.7 Å². The predicted molar refractivity (Wildman–Crippen MR) is 82.6 cm³/mol. The van der Waals surface area contributed by atoms with Crippen molar-refractivity contribution < 1.29 is 14.3 Å². The fourth-order valence-corrected chi connectivity index (χ4v) is 2.40. The minimum Gasteiger partial charge on any atom is -0.385 e. The van der Waals surface area contributed by atoms with Crippen molar-refractivity contribution in [3.63, 3.8) is 0 Å².